The summed E-state index contributed by atoms with van der Waals surface area (Å²) in [5.41, 5.74) is 2.18. The zero-order valence-electron chi connectivity index (χ0n) is 13.4. The number of hydrogen-bond acceptors (Lipinski definition) is 5. The maximum Gasteiger partial charge on any atom is 0.256 e. The van der Waals surface area contributed by atoms with E-state index in [2.05, 4.69) is 26.2 Å². The van der Waals surface area contributed by atoms with Crippen molar-refractivity contribution in [1.29, 1.82) is 0 Å². The monoisotopic (exact) mass is 418 g/mol. The lowest BCUT2D eigenvalue weighted by molar-refractivity contribution is 0.102. The Labute approximate surface area is 157 Å². The molecule has 0 unspecified atom stereocenters. The minimum Gasteiger partial charge on any atom is -0.493 e. The Kier molecular flexibility index (Phi) is 5.67. The second-order valence-electron chi connectivity index (χ2n) is 5.11. The molecule has 3 aromatic rings. The average molecular weight is 419 g/mol. The van der Waals surface area contributed by atoms with E-state index in [4.69, 9.17) is 9.47 Å². The maximum absolute atomic E-state index is 12.3. The van der Waals surface area contributed by atoms with E-state index in [1.54, 1.807) is 49.1 Å². The first-order valence-electron chi connectivity index (χ1n) is 7.41. The standard InChI is InChI=1S/C18H15BrN2O3S/c1-23-15-5-4-14(21-18(22)13-7-17(19)25-11-13)8-16(15)24-10-12-3-2-6-20-9-12/h2-9,11H,10H2,1H3,(H,21,22). The molecule has 7 heteroatoms. The third-order valence-corrected chi connectivity index (χ3v) is 4.87. The molecule has 1 aromatic carbocycles. The van der Waals surface area contributed by atoms with Gasteiger partial charge in [0.25, 0.3) is 5.91 Å². The van der Waals surface area contributed by atoms with Crippen molar-refractivity contribution in [3.05, 3.63) is 69.1 Å². The smallest absolute Gasteiger partial charge is 0.256 e. The van der Waals surface area contributed by atoms with Crippen LogP contribution in [0.1, 0.15) is 15.9 Å². The van der Waals surface area contributed by atoms with Gasteiger partial charge in [-0.05, 0) is 40.2 Å². The molecule has 0 saturated heterocycles. The van der Waals surface area contributed by atoms with Crippen LogP contribution in [0.4, 0.5) is 5.69 Å². The fourth-order valence-electron chi connectivity index (χ4n) is 2.14. The number of carbonyl (C=O) groups is 1. The summed E-state index contributed by atoms with van der Waals surface area (Å²) in [7, 11) is 1.58. The molecule has 0 aliphatic heterocycles. The Hall–Kier alpha value is -2.38. The second-order valence-corrected chi connectivity index (χ2v) is 7.40. The van der Waals surface area contributed by atoms with Gasteiger partial charge in [-0.2, -0.15) is 0 Å². The van der Waals surface area contributed by atoms with E-state index in [-0.39, 0.29) is 5.91 Å². The Balaban J connectivity index is 1.74. The third-order valence-electron chi connectivity index (χ3n) is 3.37. The summed E-state index contributed by atoms with van der Waals surface area (Å²) < 4.78 is 12.1. The molecule has 3 rings (SSSR count). The number of rotatable bonds is 6. The molecule has 0 bridgehead atoms. The van der Waals surface area contributed by atoms with E-state index in [0.717, 1.165) is 9.35 Å². The molecule has 1 amide bonds. The first-order valence-corrected chi connectivity index (χ1v) is 9.08. The molecular formula is C18H15BrN2O3S. The highest BCUT2D eigenvalue weighted by molar-refractivity contribution is 9.11. The lowest BCUT2D eigenvalue weighted by Gasteiger charge is -2.13. The molecular weight excluding hydrogens is 404 g/mol. The van der Waals surface area contributed by atoms with E-state index in [1.807, 2.05) is 12.1 Å². The molecule has 0 aliphatic rings. The van der Waals surface area contributed by atoms with Gasteiger partial charge in [-0.3, -0.25) is 9.78 Å². The lowest BCUT2D eigenvalue weighted by Crippen LogP contribution is -2.11. The zero-order valence-corrected chi connectivity index (χ0v) is 15.8. The van der Waals surface area contributed by atoms with Crippen LogP contribution in [0.25, 0.3) is 0 Å². The van der Waals surface area contributed by atoms with Crippen molar-refractivity contribution in [2.45, 2.75) is 6.61 Å². The topological polar surface area (TPSA) is 60.5 Å². The number of hydrogen-bond donors (Lipinski definition) is 1. The summed E-state index contributed by atoms with van der Waals surface area (Å²) >= 11 is 4.82. The van der Waals surface area contributed by atoms with E-state index in [0.29, 0.717) is 29.4 Å². The highest BCUT2D eigenvalue weighted by Gasteiger charge is 2.11. The van der Waals surface area contributed by atoms with Gasteiger partial charge in [-0.1, -0.05) is 6.07 Å². The minimum atomic E-state index is -0.176. The first kappa shape index (κ1) is 17.4. The van der Waals surface area contributed by atoms with Crippen LogP contribution < -0.4 is 14.8 Å². The number of amides is 1. The van der Waals surface area contributed by atoms with Crippen molar-refractivity contribution in [1.82, 2.24) is 4.98 Å². The number of nitrogens with zero attached hydrogens (tertiary/aromatic N) is 1. The predicted molar refractivity (Wildman–Crippen MR) is 102 cm³/mol. The van der Waals surface area contributed by atoms with Crippen molar-refractivity contribution in [3.63, 3.8) is 0 Å². The third kappa shape index (κ3) is 4.58. The molecule has 0 spiro atoms. The molecule has 0 aliphatic carbocycles. The van der Waals surface area contributed by atoms with Crippen LogP contribution in [-0.4, -0.2) is 18.0 Å². The number of anilines is 1. The number of pyridine rings is 1. The summed E-state index contributed by atoms with van der Waals surface area (Å²) in [4.78, 5) is 16.3. The van der Waals surface area contributed by atoms with Gasteiger partial charge in [0, 0.05) is 35.1 Å². The van der Waals surface area contributed by atoms with E-state index < -0.39 is 0 Å². The fourth-order valence-corrected chi connectivity index (χ4v) is 3.28. The van der Waals surface area contributed by atoms with Crippen molar-refractivity contribution in [3.8, 4) is 11.5 Å². The number of nitrogens with one attached hydrogen (secondary N) is 1. The molecule has 5 nitrogen and oxygen atoms in total. The van der Waals surface area contributed by atoms with Gasteiger partial charge >= 0.3 is 0 Å². The quantitative estimate of drug-likeness (QED) is 0.627. The second kappa shape index (κ2) is 8.13. The van der Waals surface area contributed by atoms with Crippen molar-refractivity contribution in [2.75, 3.05) is 12.4 Å². The van der Waals surface area contributed by atoms with Crippen LogP contribution in [0.5, 0.6) is 11.5 Å². The highest BCUT2D eigenvalue weighted by Crippen LogP contribution is 2.31. The van der Waals surface area contributed by atoms with E-state index in [1.165, 1.54) is 11.3 Å². The number of benzene rings is 1. The van der Waals surface area contributed by atoms with Crippen LogP contribution in [0, 0.1) is 0 Å². The molecule has 0 atom stereocenters. The van der Waals surface area contributed by atoms with Crippen molar-refractivity contribution < 1.29 is 14.3 Å². The molecule has 128 valence electrons. The number of thiophene rings is 1. The van der Waals surface area contributed by atoms with Crippen LogP contribution in [-0.2, 0) is 6.61 Å². The summed E-state index contributed by atoms with van der Waals surface area (Å²) in [6, 6.07) is 10.8. The molecule has 0 radical (unpaired) electrons. The first-order chi connectivity index (χ1) is 12.2. The molecule has 25 heavy (non-hydrogen) atoms. The summed E-state index contributed by atoms with van der Waals surface area (Å²) in [5, 5.41) is 4.65. The Morgan fingerprint density at radius 1 is 1.28 bits per heavy atom. The summed E-state index contributed by atoms with van der Waals surface area (Å²) in [5.74, 6) is 0.973. The van der Waals surface area contributed by atoms with Gasteiger partial charge in [0.15, 0.2) is 11.5 Å². The summed E-state index contributed by atoms with van der Waals surface area (Å²) in [6.45, 7) is 0.360. The van der Waals surface area contributed by atoms with Gasteiger partial charge in [0.2, 0.25) is 0 Å². The number of halogens is 1. The normalized spacial score (nSPS) is 10.3. The van der Waals surface area contributed by atoms with Crippen LogP contribution >= 0.6 is 27.3 Å². The van der Waals surface area contributed by atoms with Gasteiger partial charge in [0.05, 0.1) is 16.5 Å². The van der Waals surface area contributed by atoms with Crippen molar-refractivity contribution in [2.24, 2.45) is 0 Å². The highest BCUT2D eigenvalue weighted by atomic mass is 79.9. The van der Waals surface area contributed by atoms with Crippen LogP contribution in [0.2, 0.25) is 0 Å². The Bertz CT molecular complexity index is 868. The largest absolute Gasteiger partial charge is 0.493 e. The van der Waals surface area contributed by atoms with Crippen LogP contribution in [0.15, 0.2) is 58.0 Å². The lowest BCUT2D eigenvalue weighted by atomic mass is 10.2. The molecule has 2 heterocycles. The molecule has 1 N–H and O–H groups in total. The van der Waals surface area contributed by atoms with Crippen LogP contribution in [0.3, 0.4) is 0 Å². The Morgan fingerprint density at radius 3 is 2.84 bits per heavy atom. The SMILES string of the molecule is COc1ccc(NC(=O)c2csc(Br)c2)cc1OCc1cccnc1. The Morgan fingerprint density at radius 2 is 2.16 bits per heavy atom. The number of ether oxygens (including phenoxy) is 2. The number of methoxy groups -OCH3 is 1. The maximum atomic E-state index is 12.3. The average Bonchev–Trinajstić information content (AvgIpc) is 3.07. The number of carbonyl (C=O) groups excluding carboxylic acids is 1. The predicted octanol–water partition coefficient (Wildman–Crippen LogP) is 4.75. The van der Waals surface area contributed by atoms with E-state index in [9.17, 15) is 4.79 Å². The minimum absolute atomic E-state index is 0.176. The fraction of sp³-hybridized carbons (Fsp3) is 0.111. The van der Waals surface area contributed by atoms with Gasteiger partial charge in [-0.15, -0.1) is 11.3 Å². The molecule has 0 fully saturated rings. The van der Waals surface area contributed by atoms with Gasteiger partial charge in [0.1, 0.15) is 6.61 Å². The molecule has 2 aromatic heterocycles. The van der Waals surface area contributed by atoms with Gasteiger partial charge < -0.3 is 14.8 Å². The van der Waals surface area contributed by atoms with Crippen molar-refractivity contribution >= 4 is 38.9 Å². The van der Waals surface area contributed by atoms with Gasteiger partial charge in [-0.25, -0.2) is 0 Å². The van der Waals surface area contributed by atoms with E-state index >= 15 is 0 Å². The molecule has 0 saturated carbocycles. The zero-order chi connectivity index (χ0) is 17.6. The summed E-state index contributed by atoms with van der Waals surface area (Å²) in [6.07, 6.45) is 3.45. The number of aromatic nitrogens is 1.